The molecule has 4 rings (SSSR count). The summed E-state index contributed by atoms with van der Waals surface area (Å²) in [6, 6.07) is 16.3. The van der Waals surface area contributed by atoms with Crippen LogP contribution in [0.2, 0.25) is 0 Å². The van der Waals surface area contributed by atoms with Crippen molar-refractivity contribution in [1.29, 1.82) is 0 Å². The summed E-state index contributed by atoms with van der Waals surface area (Å²) in [5, 5.41) is 18.1. The SMILES string of the molecule is CN=C(NCc1cn2c(C)cccc2n1)NCC(O)c1cc2ccccc2s1.I. The second-order valence-electron chi connectivity index (χ2n) is 6.64. The largest absolute Gasteiger partial charge is 0.386 e. The second kappa shape index (κ2) is 9.55. The smallest absolute Gasteiger partial charge is 0.191 e. The first-order valence-electron chi connectivity index (χ1n) is 9.18. The molecule has 0 aliphatic heterocycles. The number of nitrogens with zero attached hydrogens (tertiary/aromatic N) is 3. The predicted molar refractivity (Wildman–Crippen MR) is 130 cm³/mol. The lowest BCUT2D eigenvalue weighted by Gasteiger charge is -2.14. The van der Waals surface area contributed by atoms with Gasteiger partial charge in [0.05, 0.1) is 12.2 Å². The van der Waals surface area contributed by atoms with Gasteiger partial charge < -0.3 is 20.1 Å². The molecule has 0 aliphatic rings. The third kappa shape index (κ3) is 4.88. The number of halogens is 1. The molecule has 29 heavy (non-hydrogen) atoms. The van der Waals surface area contributed by atoms with Crippen molar-refractivity contribution in [3.8, 4) is 0 Å². The highest BCUT2D eigenvalue weighted by Crippen LogP contribution is 2.29. The van der Waals surface area contributed by atoms with E-state index >= 15 is 0 Å². The minimum atomic E-state index is -0.589. The Kier molecular flexibility index (Phi) is 7.09. The molecule has 1 aromatic carbocycles. The van der Waals surface area contributed by atoms with Gasteiger partial charge in [-0.2, -0.15) is 0 Å². The van der Waals surface area contributed by atoms with Gasteiger partial charge in [-0.1, -0.05) is 24.3 Å². The average molecular weight is 521 g/mol. The zero-order valence-corrected chi connectivity index (χ0v) is 19.4. The number of hydrogen-bond donors (Lipinski definition) is 3. The van der Waals surface area contributed by atoms with Crippen molar-refractivity contribution in [1.82, 2.24) is 20.0 Å². The molecule has 3 heterocycles. The summed E-state index contributed by atoms with van der Waals surface area (Å²) in [6.45, 7) is 3.00. The summed E-state index contributed by atoms with van der Waals surface area (Å²) in [7, 11) is 1.72. The number of guanidine groups is 1. The molecule has 0 saturated carbocycles. The van der Waals surface area contributed by atoms with Crippen LogP contribution in [0.4, 0.5) is 0 Å². The molecule has 4 aromatic rings. The van der Waals surface area contributed by atoms with Crippen LogP contribution < -0.4 is 10.6 Å². The maximum Gasteiger partial charge on any atom is 0.191 e. The molecule has 1 unspecified atom stereocenters. The number of aliphatic hydroxyl groups is 1. The van der Waals surface area contributed by atoms with E-state index in [-0.39, 0.29) is 24.0 Å². The Morgan fingerprint density at radius 1 is 1.21 bits per heavy atom. The Morgan fingerprint density at radius 2 is 2.03 bits per heavy atom. The van der Waals surface area contributed by atoms with Crippen LogP contribution >= 0.6 is 35.3 Å². The quantitative estimate of drug-likeness (QED) is 0.212. The first kappa shape index (κ1) is 21.5. The van der Waals surface area contributed by atoms with Crippen molar-refractivity contribution in [2.24, 2.45) is 4.99 Å². The van der Waals surface area contributed by atoms with Crippen LogP contribution in [-0.4, -0.2) is 34.0 Å². The minimum Gasteiger partial charge on any atom is -0.386 e. The number of thiophene rings is 1. The highest BCUT2D eigenvalue weighted by Gasteiger charge is 2.12. The Labute approximate surface area is 190 Å². The topological polar surface area (TPSA) is 74.0 Å². The molecule has 6 nitrogen and oxygen atoms in total. The van der Waals surface area contributed by atoms with Gasteiger partial charge in [-0.15, -0.1) is 35.3 Å². The molecular formula is C21H24IN5OS. The number of aryl methyl sites for hydroxylation is 1. The first-order chi connectivity index (χ1) is 13.6. The van der Waals surface area contributed by atoms with Crippen LogP contribution in [0.25, 0.3) is 15.7 Å². The van der Waals surface area contributed by atoms with Crippen molar-refractivity contribution < 1.29 is 5.11 Å². The van der Waals surface area contributed by atoms with Gasteiger partial charge in [-0.3, -0.25) is 4.99 Å². The lowest BCUT2D eigenvalue weighted by Crippen LogP contribution is -2.38. The Hall–Kier alpha value is -2.17. The minimum absolute atomic E-state index is 0. The van der Waals surface area contributed by atoms with Crippen LogP contribution in [0.15, 0.2) is 59.7 Å². The molecule has 8 heteroatoms. The van der Waals surface area contributed by atoms with Crippen LogP contribution in [-0.2, 0) is 6.54 Å². The molecule has 0 spiro atoms. The van der Waals surface area contributed by atoms with Gasteiger partial charge in [0.1, 0.15) is 11.8 Å². The fourth-order valence-corrected chi connectivity index (χ4v) is 4.19. The number of rotatable bonds is 5. The number of aliphatic imine (C=N–C) groups is 1. The maximum absolute atomic E-state index is 10.5. The molecular weight excluding hydrogens is 497 g/mol. The molecule has 0 saturated heterocycles. The highest BCUT2D eigenvalue weighted by molar-refractivity contribution is 14.0. The van der Waals surface area contributed by atoms with E-state index in [1.165, 1.54) is 4.70 Å². The van der Waals surface area contributed by atoms with Crippen LogP contribution in [0, 0.1) is 6.92 Å². The zero-order valence-electron chi connectivity index (χ0n) is 16.3. The van der Waals surface area contributed by atoms with Gasteiger partial charge >= 0.3 is 0 Å². The normalized spacial score (nSPS) is 12.7. The van der Waals surface area contributed by atoms with Crippen molar-refractivity contribution in [2.45, 2.75) is 19.6 Å². The molecule has 0 aliphatic carbocycles. The average Bonchev–Trinajstić information content (AvgIpc) is 3.32. The monoisotopic (exact) mass is 521 g/mol. The van der Waals surface area contributed by atoms with Gasteiger partial charge in [0, 0.05) is 35.1 Å². The van der Waals surface area contributed by atoms with Gasteiger partial charge in [0.15, 0.2) is 5.96 Å². The van der Waals surface area contributed by atoms with E-state index in [4.69, 9.17) is 0 Å². The van der Waals surface area contributed by atoms with Gasteiger partial charge in [-0.05, 0) is 36.6 Å². The van der Waals surface area contributed by atoms with E-state index < -0.39 is 6.10 Å². The number of nitrogens with one attached hydrogen (secondary N) is 2. The molecule has 0 radical (unpaired) electrons. The predicted octanol–water partition coefficient (Wildman–Crippen LogP) is 3.87. The van der Waals surface area contributed by atoms with Crippen LogP contribution in [0.1, 0.15) is 22.4 Å². The number of aromatic nitrogens is 2. The standard InChI is InChI=1S/C21H23N5OS.HI/c1-14-6-5-9-20-25-16(13-26(14)20)11-23-21(22-2)24-12-17(27)19-10-15-7-3-4-8-18(15)28-19;/h3-10,13,17,27H,11-12H2,1-2H3,(H2,22,23,24);1H. The second-order valence-corrected chi connectivity index (χ2v) is 7.75. The molecule has 0 amide bonds. The van der Waals surface area contributed by atoms with E-state index in [0.29, 0.717) is 19.0 Å². The number of hydrogen-bond acceptors (Lipinski definition) is 4. The summed E-state index contributed by atoms with van der Waals surface area (Å²) >= 11 is 1.62. The fourth-order valence-electron chi connectivity index (χ4n) is 3.14. The zero-order chi connectivity index (χ0) is 19.5. The van der Waals surface area contributed by atoms with E-state index in [1.54, 1.807) is 18.4 Å². The van der Waals surface area contributed by atoms with E-state index in [1.807, 2.05) is 36.5 Å². The summed E-state index contributed by atoms with van der Waals surface area (Å²) in [5.41, 5.74) is 3.01. The fraction of sp³-hybridized carbons (Fsp3) is 0.238. The van der Waals surface area contributed by atoms with Crippen molar-refractivity contribution in [3.63, 3.8) is 0 Å². The number of fused-ring (bicyclic) bond motifs is 2. The van der Waals surface area contributed by atoms with Crippen LogP contribution in [0.5, 0.6) is 0 Å². The number of pyridine rings is 1. The Bertz CT molecular complexity index is 1100. The number of aliphatic hydroxyl groups excluding tert-OH is 1. The van der Waals surface area contributed by atoms with E-state index in [0.717, 1.165) is 27.3 Å². The summed E-state index contributed by atoms with van der Waals surface area (Å²) in [4.78, 5) is 9.80. The van der Waals surface area contributed by atoms with Crippen molar-refractivity contribution >= 4 is 57.0 Å². The third-order valence-electron chi connectivity index (χ3n) is 4.64. The number of imidazole rings is 1. The van der Waals surface area contributed by atoms with Crippen molar-refractivity contribution in [3.05, 3.63) is 71.0 Å². The van der Waals surface area contributed by atoms with Crippen LogP contribution in [0.3, 0.4) is 0 Å². The molecule has 0 fully saturated rings. The van der Waals surface area contributed by atoms with Gasteiger partial charge in [-0.25, -0.2) is 4.98 Å². The summed E-state index contributed by atoms with van der Waals surface area (Å²) in [5.74, 6) is 0.633. The van der Waals surface area contributed by atoms with E-state index in [2.05, 4.69) is 50.1 Å². The Balaban J connectivity index is 0.00000240. The summed E-state index contributed by atoms with van der Waals surface area (Å²) in [6.07, 6.45) is 1.44. The molecule has 3 N–H and O–H groups in total. The molecule has 152 valence electrons. The van der Waals surface area contributed by atoms with Crippen molar-refractivity contribution in [2.75, 3.05) is 13.6 Å². The third-order valence-corrected chi connectivity index (χ3v) is 5.86. The lowest BCUT2D eigenvalue weighted by atomic mass is 10.2. The molecule has 0 bridgehead atoms. The molecule has 1 atom stereocenters. The lowest BCUT2D eigenvalue weighted by molar-refractivity contribution is 0.184. The maximum atomic E-state index is 10.5. The van der Waals surface area contributed by atoms with Gasteiger partial charge in [0.25, 0.3) is 0 Å². The first-order valence-corrected chi connectivity index (χ1v) is 10.0. The van der Waals surface area contributed by atoms with E-state index in [9.17, 15) is 5.11 Å². The highest BCUT2D eigenvalue weighted by atomic mass is 127. The molecule has 3 aromatic heterocycles. The summed E-state index contributed by atoms with van der Waals surface area (Å²) < 4.78 is 3.25. The number of benzene rings is 1. The van der Waals surface area contributed by atoms with Gasteiger partial charge in [0.2, 0.25) is 0 Å². The Morgan fingerprint density at radius 3 is 2.79 bits per heavy atom.